The van der Waals surface area contributed by atoms with Crippen molar-refractivity contribution in [3.05, 3.63) is 92.9 Å². The molecule has 5 nitrogen and oxygen atoms in total. The average Bonchev–Trinajstić information content (AvgIpc) is 2.79. The third kappa shape index (κ3) is 5.07. The standard InChI is InChI=1S/C26H20BrClN2O3/c1-15-7-9-17(10-8-15)25-16(2)24(19-5-3-4-6-21(19)30-25)26(32)33-14-23(31)29-22-12-11-18(27)13-20(22)28/h3-13H,14H2,1-2H3,(H,29,31). The molecule has 0 aliphatic rings. The van der Waals surface area contributed by atoms with Crippen molar-refractivity contribution in [1.82, 2.24) is 4.98 Å². The molecule has 1 N–H and O–H groups in total. The van der Waals surface area contributed by atoms with E-state index in [9.17, 15) is 9.59 Å². The molecule has 0 saturated heterocycles. The molecule has 0 atom stereocenters. The highest BCUT2D eigenvalue weighted by Crippen LogP contribution is 2.30. The molecule has 1 amide bonds. The third-order valence-electron chi connectivity index (χ3n) is 5.20. The number of nitrogens with zero attached hydrogens (tertiary/aromatic N) is 1. The predicted octanol–water partition coefficient (Wildman–Crippen LogP) is 6.73. The number of aromatic nitrogens is 1. The van der Waals surface area contributed by atoms with Gasteiger partial charge in [0, 0.05) is 15.4 Å². The number of hydrogen-bond acceptors (Lipinski definition) is 4. The summed E-state index contributed by atoms with van der Waals surface area (Å²) in [5.74, 6) is -1.07. The van der Waals surface area contributed by atoms with Crippen molar-refractivity contribution in [2.24, 2.45) is 0 Å². The number of para-hydroxylation sites is 1. The zero-order valence-corrected chi connectivity index (χ0v) is 20.3. The fourth-order valence-corrected chi connectivity index (χ4v) is 4.26. The quantitative estimate of drug-likeness (QED) is 0.295. The monoisotopic (exact) mass is 522 g/mol. The Balaban J connectivity index is 1.61. The van der Waals surface area contributed by atoms with Crippen LogP contribution in [0.1, 0.15) is 21.5 Å². The Labute approximate surface area is 204 Å². The van der Waals surface area contributed by atoms with Gasteiger partial charge in [-0.05, 0) is 43.7 Å². The Hall–Kier alpha value is -3.22. The van der Waals surface area contributed by atoms with Gasteiger partial charge >= 0.3 is 5.97 Å². The molecule has 166 valence electrons. The first-order chi connectivity index (χ1) is 15.8. The zero-order chi connectivity index (χ0) is 23.5. The second-order valence-electron chi connectivity index (χ2n) is 7.59. The van der Waals surface area contributed by atoms with Crippen molar-refractivity contribution in [1.29, 1.82) is 0 Å². The van der Waals surface area contributed by atoms with Crippen LogP contribution in [-0.2, 0) is 9.53 Å². The smallest absolute Gasteiger partial charge is 0.339 e. The molecule has 0 radical (unpaired) electrons. The van der Waals surface area contributed by atoms with Crippen LogP contribution in [0.4, 0.5) is 5.69 Å². The molecule has 0 unspecified atom stereocenters. The highest BCUT2D eigenvalue weighted by molar-refractivity contribution is 9.10. The van der Waals surface area contributed by atoms with Gasteiger partial charge in [0.05, 0.1) is 27.5 Å². The lowest BCUT2D eigenvalue weighted by molar-refractivity contribution is -0.119. The van der Waals surface area contributed by atoms with Gasteiger partial charge in [-0.1, -0.05) is 75.6 Å². The number of amides is 1. The van der Waals surface area contributed by atoms with Crippen LogP contribution in [0.25, 0.3) is 22.2 Å². The third-order valence-corrected chi connectivity index (χ3v) is 6.01. The number of fused-ring (bicyclic) bond motifs is 1. The van der Waals surface area contributed by atoms with Gasteiger partial charge in [0.1, 0.15) is 0 Å². The second kappa shape index (κ2) is 9.73. The maximum atomic E-state index is 13.1. The van der Waals surface area contributed by atoms with Crippen molar-refractivity contribution >= 4 is 56.0 Å². The van der Waals surface area contributed by atoms with Gasteiger partial charge in [-0.2, -0.15) is 0 Å². The molecule has 0 aliphatic heterocycles. The molecule has 33 heavy (non-hydrogen) atoms. The van der Waals surface area contributed by atoms with E-state index in [0.29, 0.717) is 38.4 Å². The summed E-state index contributed by atoms with van der Waals surface area (Å²) < 4.78 is 6.19. The molecule has 3 aromatic carbocycles. The van der Waals surface area contributed by atoms with Gasteiger partial charge in [0.15, 0.2) is 6.61 Å². The number of aryl methyl sites for hydroxylation is 1. The maximum absolute atomic E-state index is 13.1. The highest BCUT2D eigenvalue weighted by atomic mass is 79.9. The summed E-state index contributed by atoms with van der Waals surface area (Å²) in [5, 5.41) is 3.71. The van der Waals surface area contributed by atoms with E-state index in [2.05, 4.69) is 21.2 Å². The molecule has 1 heterocycles. The SMILES string of the molecule is Cc1ccc(-c2nc3ccccc3c(C(=O)OCC(=O)Nc3ccc(Br)cc3Cl)c2C)cc1. The highest BCUT2D eigenvalue weighted by Gasteiger charge is 2.21. The second-order valence-corrected chi connectivity index (χ2v) is 8.91. The first kappa shape index (κ1) is 23.0. The van der Waals surface area contributed by atoms with Crippen LogP contribution in [0, 0.1) is 13.8 Å². The fourth-order valence-electron chi connectivity index (χ4n) is 3.54. The largest absolute Gasteiger partial charge is 0.452 e. The van der Waals surface area contributed by atoms with Crippen molar-refractivity contribution in [3.63, 3.8) is 0 Å². The molecule has 0 aliphatic carbocycles. The van der Waals surface area contributed by atoms with Crippen molar-refractivity contribution < 1.29 is 14.3 Å². The van der Waals surface area contributed by atoms with Crippen LogP contribution in [0.15, 0.2) is 71.2 Å². The summed E-state index contributed by atoms with van der Waals surface area (Å²) in [7, 11) is 0. The van der Waals surface area contributed by atoms with Crippen LogP contribution in [-0.4, -0.2) is 23.5 Å². The van der Waals surface area contributed by atoms with Crippen LogP contribution in [0.2, 0.25) is 5.02 Å². The van der Waals surface area contributed by atoms with Crippen LogP contribution >= 0.6 is 27.5 Å². The molecule has 4 rings (SSSR count). The number of rotatable bonds is 5. The minimum Gasteiger partial charge on any atom is -0.452 e. The number of esters is 1. The normalized spacial score (nSPS) is 10.8. The molecule has 7 heteroatoms. The van der Waals surface area contributed by atoms with E-state index < -0.39 is 18.5 Å². The van der Waals surface area contributed by atoms with E-state index in [0.717, 1.165) is 15.6 Å². The summed E-state index contributed by atoms with van der Waals surface area (Å²) in [6.07, 6.45) is 0. The summed E-state index contributed by atoms with van der Waals surface area (Å²) in [4.78, 5) is 30.3. The number of carbonyl (C=O) groups excluding carboxylic acids is 2. The van der Waals surface area contributed by atoms with E-state index in [1.165, 1.54) is 0 Å². The molecule has 4 aromatic rings. The lowest BCUT2D eigenvalue weighted by atomic mass is 9.97. The van der Waals surface area contributed by atoms with Gasteiger partial charge in [0.2, 0.25) is 0 Å². The average molecular weight is 524 g/mol. The van der Waals surface area contributed by atoms with E-state index in [1.807, 2.05) is 62.4 Å². The Morgan fingerprint density at radius 2 is 1.76 bits per heavy atom. The van der Waals surface area contributed by atoms with Crippen molar-refractivity contribution in [2.45, 2.75) is 13.8 Å². The van der Waals surface area contributed by atoms with Gasteiger partial charge in [-0.3, -0.25) is 4.79 Å². The number of pyridine rings is 1. The van der Waals surface area contributed by atoms with E-state index in [-0.39, 0.29) is 0 Å². The molecule has 0 spiro atoms. The Kier molecular flexibility index (Phi) is 6.77. The van der Waals surface area contributed by atoms with Gasteiger partial charge in [-0.25, -0.2) is 9.78 Å². The van der Waals surface area contributed by atoms with Gasteiger partial charge in [0.25, 0.3) is 5.91 Å². The number of nitrogens with one attached hydrogen (secondary N) is 1. The van der Waals surface area contributed by atoms with Crippen molar-refractivity contribution in [2.75, 3.05) is 11.9 Å². The first-order valence-electron chi connectivity index (χ1n) is 10.2. The number of halogens is 2. The molecule has 0 saturated carbocycles. The van der Waals surface area contributed by atoms with Crippen molar-refractivity contribution in [3.8, 4) is 11.3 Å². The summed E-state index contributed by atoms with van der Waals surface area (Å²) in [6.45, 7) is 3.41. The van der Waals surface area contributed by atoms with Crippen LogP contribution in [0.3, 0.4) is 0 Å². The lowest BCUT2D eigenvalue weighted by Crippen LogP contribution is -2.21. The number of hydrogen-bond donors (Lipinski definition) is 1. The van der Waals surface area contributed by atoms with Gasteiger partial charge in [-0.15, -0.1) is 0 Å². The Morgan fingerprint density at radius 1 is 1.03 bits per heavy atom. The summed E-state index contributed by atoms with van der Waals surface area (Å²) in [5.41, 5.74) is 4.94. The molecule has 1 aromatic heterocycles. The number of anilines is 1. The fraction of sp³-hybridized carbons (Fsp3) is 0.115. The molecular formula is C26H20BrClN2O3. The lowest BCUT2D eigenvalue weighted by Gasteiger charge is -2.14. The summed E-state index contributed by atoms with van der Waals surface area (Å²) in [6, 6.07) is 20.4. The molecular weight excluding hydrogens is 504 g/mol. The maximum Gasteiger partial charge on any atom is 0.339 e. The van der Waals surface area contributed by atoms with Crippen LogP contribution in [0.5, 0.6) is 0 Å². The minimum atomic E-state index is -0.587. The Morgan fingerprint density at radius 3 is 2.48 bits per heavy atom. The first-order valence-corrected chi connectivity index (χ1v) is 11.4. The predicted molar refractivity (Wildman–Crippen MR) is 135 cm³/mol. The number of benzene rings is 3. The van der Waals surface area contributed by atoms with E-state index in [1.54, 1.807) is 18.2 Å². The topological polar surface area (TPSA) is 68.3 Å². The molecule has 0 bridgehead atoms. The van der Waals surface area contributed by atoms with Crippen LogP contribution < -0.4 is 5.32 Å². The minimum absolute atomic E-state index is 0.378. The zero-order valence-electron chi connectivity index (χ0n) is 18.0. The molecule has 0 fully saturated rings. The summed E-state index contributed by atoms with van der Waals surface area (Å²) >= 11 is 9.46. The van der Waals surface area contributed by atoms with Gasteiger partial charge < -0.3 is 10.1 Å². The number of carbonyl (C=O) groups is 2. The van der Waals surface area contributed by atoms with E-state index >= 15 is 0 Å². The Bertz CT molecular complexity index is 1370. The number of ether oxygens (including phenoxy) is 1. The van der Waals surface area contributed by atoms with E-state index in [4.69, 9.17) is 21.3 Å².